The van der Waals surface area contributed by atoms with E-state index in [9.17, 15) is 0 Å². The van der Waals surface area contributed by atoms with Crippen molar-refractivity contribution in [1.82, 2.24) is 20.3 Å². The number of fused-ring (bicyclic) bond motifs is 1. The molecule has 114 valence electrons. The van der Waals surface area contributed by atoms with E-state index in [1.165, 1.54) is 25.5 Å². The number of anilines is 2. The molecule has 1 aromatic carbocycles. The zero-order valence-electron chi connectivity index (χ0n) is 12.5. The van der Waals surface area contributed by atoms with Gasteiger partial charge in [-0.15, -0.1) is 0 Å². The Morgan fingerprint density at radius 3 is 2.50 bits per heavy atom. The molecule has 0 bridgehead atoms. The Morgan fingerprint density at radius 1 is 1.09 bits per heavy atom. The average molecular weight is 299 g/mol. The molecule has 0 unspecified atom stereocenters. The van der Waals surface area contributed by atoms with Crippen molar-refractivity contribution in [3.05, 3.63) is 29.8 Å². The predicted molar refractivity (Wildman–Crippen MR) is 82.3 cm³/mol. The molecule has 0 saturated carbocycles. The van der Waals surface area contributed by atoms with Gasteiger partial charge in [-0.1, -0.05) is 25.5 Å². The van der Waals surface area contributed by atoms with Crippen LogP contribution in [0.3, 0.4) is 0 Å². The Bertz CT molecular complexity index is 754. The van der Waals surface area contributed by atoms with Crippen LogP contribution in [0.4, 0.5) is 11.5 Å². The van der Waals surface area contributed by atoms with Crippen molar-refractivity contribution < 1.29 is 9.37 Å². The van der Waals surface area contributed by atoms with E-state index in [4.69, 9.17) is 4.74 Å². The highest BCUT2D eigenvalue weighted by Crippen LogP contribution is 2.25. The van der Waals surface area contributed by atoms with Crippen LogP contribution in [-0.4, -0.2) is 27.4 Å². The van der Waals surface area contributed by atoms with E-state index < -0.39 is 0 Å². The minimum absolute atomic E-state index is 0.317. The Kier molecular flexibility index (Phi) is 4.13. The normalized spacial score (nSPS) is 10.8. The largest absolute Gasteiger partial charge is 0.478 e. The highest BCUT2D eigenvalue weighted by Gasteiger charge is 2.13. The molecule has 0 radical (unpaired) electrons. The summed E-state index contributed by atoms with van der Waals surface area (Å²) in [6.45, 7) is 2.19. The summed E-state index contributed by atoms with van der Waals surface area (Å²) in [6.07, 6.45) is 3.48. The highest BCUT2D eigenvalue weighted by molar-refractivity contribution is 5.71. The van der Waals surface area contributed by atoms with Crippen LogP contribution >= 0.6 is 0 Å². The van der Waals surface area contributed by atoms with Gasteiger partial charge in [0.05, 0.1) is 7.11 Å². The second-order valence-electron chi connectivity index (χ2n) is 4.92. The monoisotopic (exact) mass is 299 g/mol. The lowest BCUT2D eigenvalue weighted by molar-refractivity contribution is 0.313. The minimum atomic E-state index is 0.317. The molecule has 0 aliphatic rings. The van der Waals surface area contributed by atoms with Gasteiger partial charge in [0.25, 0.3) is 5.88 Å². The Hall–Kier alpha value is -2.70. The lowest BCUT2D eigenvalue weighted by Gasteiger charge is -2.09. The summed E-state index contributed by atoms with van der Waals surface area (Å²) in [6, 6.07) is 8.23. The van der Waals surface area contributed by atoms with Crippen molar-refractivity contribution >= 4 is 22.8 Å². The summed E-state index contributed by atoms with van der Waals surface area (Å²) in [5, 5.41) is 10.5. The molecule has 0 spiro atoms. The van der Waals surface area contributed by atoms with Gasteiger partial charge < -0.3 is 10.1 Å². The number of rotatable bonds is 6. The summed E-state index contributed by atoms with van der Waals surface area (Å²) >= 11 is 0. The van der Waals surface area contributed by atoms with E-state index in [0.29, 0.717) is 23.0 Å². The van der Waals surface area contributed by atoms with Gasteiger partial charge in [0, 0.05) is 5.69 Å². The fraction of sp³-hybridized carbons (Fsp3) is 0.333. The highest BCUT2D eigenvalue weighted by atomic mass is 16.6. The number of nitrogens with one attached hydrogen (secondary N) is 1. The zero-order chi connectivity index (χ0) is 15.4. The lowest BCUT2D eigenvalue weighted by Crippen LogP contribution is -2.00. The maximum absolute atomic E-state index is 5.23. The third-order valence-corrected chi connectivity index (χ3v) is 3.31. The molecule has 2 aromatic heterocycles. The number of methoxy groups -OCH3 is 1. The van der Waals surface area contributed by atoms with Gasteiger partial charge >= 0.3 is 0 Å². The molecule has 3 aromatic rings. The number of hydrogen-bond donors (Lipinski definition) is 1. The molecule has 22 heavy (non-hydrogen) atoms. The van der Waals surface area contributed by atoms with Crippen LogP contribution in [0.25, 0.3) is 11.3 Å². The van der Waals surface area contributed by atoms with Crippen LogP contribution in [0.1, 0.15) is 25.3 Å². The second-order valence-corrected chi connectivity index (χ2v) is 4.92. The third kappa shape index (κ3) is 2.98. The Labute approximate surface area is 127 Å². The smallest absolute Gasteiger partial charge is 0.259 e. The van der Waals surface area contributed by atoms with Gasteiger partial charge in [-0.05, 0) is 40.9 Å². The van der Waals surface area contributed by atoms with Crippen LogP contribution < -0.4 is 10.1 Å². The molecule has 0 fully saturated rings. The first-order valence-electron chi connectivity index (χ1n) is 7.20. The quantitative estimate of drug-likeness (QED) is 0.748. The summed E-state index contributed by atoms with van der Waals surface area (Å²) in [5.74, 6) is 0.824. The first-order valence-corrected chi connectivity index (χ1v) is 7.20. The number of aryl methyl sites for hydroxylation is 1. The molecule has 0 saturated heterocycles. The van der Waals surface area contributed by atoms with E-state index in [1.807, 2.05) is 12.1 Å². The molecule has 0 aliphatic heterocycles. The number of unbranched alkanes of at least 4 members (excludes halogenated alkanes) is 1. The molecule has 0 aliphatic carbocycles. The van der Waals surface area contributed by atoms with E-state index in [1.54, 1.807) is 0 Å². The molecule has 7 heteroatoms. The van der Waals surface area contributed by atoms with Gasteiger partial charge in [0.2, 0.25) is 11.3 Å². The Morgan fingerprint density at radius 2 is 1.82 bits per heavy atom. The minimum Gasteiger partial charge on any atom is -0.478 e. The number of aromatic nitrogens is 4. The van der Waals surface area contributed by atoms with E-state index in [2.05, 4.69) is 49.3 Å². The van der Waals surface area contributed by atoms with Crippen LogP contribution in [-0.2, 0) is 6.42 Å². The van der Waals surface area contributed by atoms with Crippen molar-refractivity contribution in [3.8, 4) is 5.88 Å². The van der Waals surface area contributed by atoms with Gasteiger partial charge in [-0.2, -0.15) is 9.97 Å². The summed E-state index contributed by atoms with van der Waals surface area (Å²) in [4.78, 5) is 8.50. The SMILES string of the molecule is CCCCc1ccc(Nc2nc3nonc3nc2OC)cc1. The topological polar surface area (TPSA) is 86.0 Å². The van der Waals surface area contributed by atoms with Crippen LogP contribution in [0.2, 0.25) is 0 Å². The third-order valence-electron chi connectivity index (χ3n) is 3.31. The summed E-state index contributed by atoms with van der Waals surface area (Å²) in [5.41, 5.74) is 2.88. The number of nitrogens with zero attached hydrogens (tertiary/aromatic N) is 4. The molecule has 0 atom stereocenters. The van der Waals surface area contributed by atoms with Gasteiger partial charge in [0.1, 0.15) is 0 Å². The first kappa shape index (κ1) is 14.2. The van der Waals surface area contributed by atoms with Gasteiger partial charge in [-0.25, -0.2) is 4.63 Å². The lowest BCUT2D eigenvalue weighted by atomic mass is 10.1. The van der Waals surface area contributed by atoms with Crippen LogP contribution in [0.5, 0.6) is 5.88 Å². The molecule has 3 rings (SSSR count). The van der Waals surface area contributed by atoms with Crippen LogP contribution in [0, 0.1) is 0 Å². The van der Waals surface area contributed by atoms with Gasteiger partial charge in [0.15, 0.2) is 5.82 Å². The summed E-state index contributed by atoms with van der Waals surface area (Å²) < 4.78 is 9.84. The van der Waals surface area contributed by atoms with E-state index in [-0.39, 0.29) is 0 Å². The predicted octanol–water partition coefficient (Wildman–Crippen LogP) is 3.11. The molecule has 7 nitrogen and oxygen atoms in total. The molecular weight excluding hydrogens is 282 g/mol. The zero-order valence-corrected chi connectivity index (χ0v) is 12.5. The maximum atomic E-state index is 5.23. The fourth-order valence-corrected chi connectivity index (χ4v) is 2.12. The molecule has 1 N–H and O–H groups in total. The Balaban J connectivity index is 1.82. The van der Waals surface area contributed by atoms with Crippen molar-refractivity contribution in [2.24, 2.45) is 0 Å². The first-order chi connectivity index (χ1) is 10.8. The number of ether oxygens (including phenoxy) is 1. The van der Waals surface area contributed by atoms with Crippen molar-refractivity contribution in [1.29, 1.82) is 0 Å². The summed E-state index contributed by atoms with van der Waals surface area (Å²) in [7, 11) is 1.53. The second kappa shape index (κ2) is 6.38. The molecule has 0 amide bonds. The van der Waals surface area contributed by atoms with Crippen LogP contribution in [0.15, 0.2) is 28.9 Å². The van der Waals surface area contributed by atoms with E-state index >= 15 is 0 Å². The van der Waals surface area contributed by atoms with Crippen molar-refractivity contribution in [3.63, 3.8) is 0 Å². The number of benzene rings is 1. The molecular formula is C15H17N5O2. The maximum Gasteiger partial charge on any atom is 0.259 e. The van der Waals surface area contributed by atoms with Gasteiger partial charge in [-0.3, -0.25) is 0 Å². The van der Waals surface area contributed by atoms with Crippen molar-refractivity contribution in [2.75, 3.05) is 12.4 Å². The average Bonchev–Trinajstić information content (AvgIpc) is 3.00. The standard InChI is InChI=1S/C15H17N5O2/c1-3-4-5-10-6-8-11(9-7-10)16-14-15(21-2)18-13-12(17-14)19-22-20-13/h6-9H,3-5H2,1-2H3,(H,16,17,19). The molecule has 2 heterocycles. The fourth-order valence-electron chi connectivity index (χ4n) is 2.12. The number of hydrogen-bond acceptors (Lipinski definition) is 7. The van der Waals surface area contributed by atoms with E-state index in [0.717, 1.165) is 12.1 Å². The van der Waals surface area contributed by atoms with Crippen molar-refractivity contribution in [2.45, 2.75) is 26.2 Å².